The quantitative estimate of drug-likeness (QED) is 0.0490. The Bertz CT molecular complexity index is 2760. The Balaban J connectivity index is 0.000000315. The molecule has 0 bridgehead atoms. The summed E-state index contributed by atoms with van der Waals surface area (Å²) in [6.07, 6.45) is 5.43. The smallest absolute Gasteiger partial charge is 0.369 e. The molecular formula is C53H49BBr3IO10. The fourth-order valence-corrected chi connectivity index (χ4v) is 6.26. The second kappa shape index (κ2) is 31.2. The van der Waals surface area contributed by atoms with Crippen molar-refractivity contribution in [2.75, 3.05) is 35.5 Å². The summed E-state index contributed by atoms with van der Waals surface area (Å²) >= 11 is 11.5. The molecule has 15 heteroatoms. The second-order valence-electron chi connectivity index (χ2n) is 13.9. The normalized spacial score (nSPS) is 9.40. The maximum absolute atomic E-state index is 12.3. The summed E-state index contributed by atoms with van der Waals surface area (Å²) in [6, 6.07) is 37.5. The van der Waals surface area contributed by atoms with E-state index in [-0.39, 0.29) is 32.9 Å². The van der Waals surface area contributed by atoms with E-state index in [0.29, 0.717) is 28.0 Å². The van der Waals surface area contributed by atoms with Gasteiger partial charge in [-0.1, -0.05) is 42.0 Å². The van der Waals surface area contributed by atoms with Crippen LogP contribution in [0.4, 0.5) is 0 Å². The van der Waals surface area contributed by atoms with Crippen molar-refractivity contribution >= 4 is 96.7 Å². The van der Waals surface area contributed by atoms with Crippen LogP contribution in [0.25, 0.3) is 0 Å². The van der Waals surface area contributed by atoms with Crippen LogP contribution in [0.1, 0.15) is 80.4 Å². The number of carbonyl (C=O) groups excluding carboxylic acids is 3. The molecule has 68 heavy (non-hydrogen) atoms. The molecule has 6 aromatic carbocycles. The second-order valence-corrected chi connectivity index (χ2v) is 21.5. The molecule has 0 saturated carbocycles. The average molecular weight is 1220 g/mol. The number of terminal acetylenes is 1. The van der Waals surface area contributed by atoms with E-state index in [4.69, 9.17) is 30.5 Å². The van der Waals surface area contributed by atoms with Gasteiger partial charge in [0.15, 0.2) is 5.78 Å². The fourth-order valence-electron chi connectivity index (χ4n) is 5.71. The third-order valence-corrected chi connectivity index (χ3v) is 9.84. The molecule has 0 aliphatic heterocycles. The van der Waals surface area contributed by atoms with E-state index in [1.807, 2.05) is 75.4 Å². The number of carbonyl (C=O) groups is 4. The average Bonchev–Trinajstić information content (AvgIpc) is 3.33. The van der Waals surface area contributed by atoms with Gasteiger partial charge in [0.05, 0.1) is 52.2 Å². The Morgan fingerprint density at radius 2 is 1.06 bits per heavy atom. The fraction of sp³-hybridized carbons (Fsp3) is 0.170. The molecular weight excluding hydrogens is 1170 g/mol. The molecule has 0 radical (unpaired) electrons. The van der Waals surface area contributed by atoms with Crippen molar-refractivity contribution in [1.29, 1.82) is 0 Å². The number of benzene rings is 6. The number of carboxylic acids is 1. The number of aromatic carboxylic acids is 1. The minimum absolute atomic E-state index is 0.0438. The van der Waals surface area contributed by atoms with E-state index in [0.717, 1.165) is 48.4 Å². The minimum Gasteiger partial charge on any atom is -0.497 e. The number of carboxylic acid groups (broad SMARTS) is 1. The number of aryl methyl sites for hydroxylation is 3. The zero-order valence-corrected chi connectivity index (χ0v) is 45.5. The molecule has 0 spiro atoms. The number of halogens is 4. The van der Waals surface area contributed by atoms with Gasteiger partial charge in [-0.05, 0) is 169 Å². The van der Waals surface area contributed by atoms with E-state index < -0.39 is 5.97 Å². The van der Waals surface area contributed by atoms with Crippen molar-refractivity contribution in [2.24, 2.45) is 0 Å². The highest BCUT2D eigenvalue weighted by atomic mass is 127. The zero-order chi connectivity index (χ0) is 50.8. The molecule has 0 aliphatic carbocycles. The third kappa shape index (κ3) is 21.0. The lowest BCUT2D eigenvalue weighted by atomic mass is 9.98. The Hall–Kier alpha value is -5.85. The molecule has 0 atom stereocenters. The molecule has 352 valence electrons. The van der Waals surface area contributed by atoms with Crippen molar-refractivity contribution in [3.05, 3.63) is 192 Å². The van der Waals surface area contributed by atoms with Crippen LogP contribution < -0.4 is 14.2 Å². The Labute approximate surface area is 437 Å². The molecule has 0 aliphatic rings. The van der Waals surface area contributed by atoms with Crippen molar-refractivity contribution in [3.8, 4) is 41.4 Å². The summed E-state index contributed by atoms with van der Waals surface area (Å²) in [7, 11) is 7.60. The van der Waals surface area contributed by atoms with Gasteiger partial charge in [0.2, 0.25) is 0 Å². The SMILES string of the molecule is BrB(Br)Br.C#Cc1ccc(OC)cc1C.COC(=O)c1cccc(C#Cc2ccc(OC)cc2C)c1.COC(=O)c1cccc(I)c1.COc1ccc(C(=O)Cc2cccc(C(=O)O)c2)c(C)c1. The highest BCUT2D eigenvalue weighted by molar-refractivity contribution is 14.1. The van der Waals surface area contributed by atoms with Gasteiger partial charge in [-0.3, -0.25) is 4.79 Å². The van der Waals surface area contributed by atoms with Crippen molar-refractivity contribution in [3.63, 3.8) is 0 Å². The van der Waals surface area contributed by atoms with E-state index in [9.17, 15) is 19.2 Å². The molecule has 0 unspecified atom stereocenters. The molecule has 10 nitrogen and oxygen atoms in total. The number of methoxy groups -OCH3 is 5. The summed E-state index contributed by atoms with van der Waals surface area (Å²) in [5.74, 6) is 9.43. The first-order valence-electron chi connectivity index (χ1n) is 20.1. The van der Waals surface area contributed by atoms with Gasteiger partial charge in [-0.25, -0.2) is 14.4 Å². The lowest BCUT2D eigenvalue weighted by Gasteiger charge is -2.08. The van der Waals surface area contributed by atoms with Gasteiger partial charge in [0.25, 0.3) is 0 Å². The lowest BCUT2D eigenvalue weighted by molar-refractivity contribution is 0.0592. The molecule has 0 saturated heterocycles. The highest BCUT2D eigenvalue weighted by Gasteiger charge is 2.13. The van der Waals surface area contributed by atoms with E-state index in [1.165, 1.54) is 26.4 Å². The Morgan fingerprint density at radius 3 is 1.53 bits per heavy atom. The van der Waals surface area contributed by atoms with Gasteiger partial charge in [0, 0.05) is 32.2 Å². The topological polar surface area (TPSA) is 135 Å². The molecule has 6 aromatic rings. The monoisotopic (exact) mass is 1220 g/mol. The first kappa shape index (κ1) is 58.3. The Morgan fingerprint density at radius 1 is 0.588 bits per heavy atom. The van der Waals surface area contributed by atoms with Crippen LogP contribution in [0.5, 0.6) is 17.2 Å². The first-order valence-corrected chi connectivity index (χ1v) is 23.9. The van der Waals surface area contributed by atoms with Gasteiger partial charge in [-0.15, -0.1) is 53.7 Å². The van der Waals surface area contributed by atoms with Crippen LogP contribution in [-0.2, 0) is 15.9 Å². The molecule has 0 fully saturated rings. The van der Waals surface area contributed by atoms with Crippen molar-refractivity contribution in [1.82, 2.24) is 0 Å². The van der Waals surface area contributed by atoms with E-state index in [2.05, 4.69) is 92.4 Å². The molecule has 6 rings (SSSR count). The van der Waals surface area contributed by atoms with Crippen LogP contribution in [0.3, 0.4) is 0 Å². The zero-order valence-electron chi connectivity index (χ0n) is 38.6. The van der Waals surface area contributed by atoms with Crippen LogP contribution in [-0.4, -0.2) is 67.5 Å². The summed E-state index contributed by atoms with van der Waals surface area (Å²) in [6.45, 7) is 5.80. The number of ketones is 1. The Kier molecular flexibility index (Phi) is 26.8. The van der Waals surface area contributed by atoms with E-state index >= 15 is 0 Å². The van der Waals surface area contributed by atoms with Crippen LogP contribution in [0, 0.1) is 48.5 Å². The van der Waals surface area contributed by atoms with Crippen LogP contribution in [0.2, 0.25) is 0 Å². The van der Waals surface area contributed by atoms with Crippen LogP contribution >= 0.6 is 69.9 Å². The third-order valence-electron chi connectivity index (χ3n) is 9.17. The maximum Gasteiger partial charge on any atom is 0.369 e. The lowest BCUT2D eigenvalue weighted by Crippen LogP contribution is -2.07. The summed E-state index contributed by atoms with van der Waals surface area (Å²) < 4.78 is 25.9. The number of rotatable bonds is 9. The summed E-state index contributed by atoms with van der Waals surface area (Å²) in [4.78, 5) is 45.7. The number of hydrogen-bond acceptors (Lipinski definition) is 9. The van der Waals surface area contributed by atoms with Gasteiger partial charge in [0.1, 0.15) is 17.2 Å². The number of ether oxygens (including phenoxy) is 5. The predicted octanol–water partition coefficient (Wildman–Crippen LogP) is 12.5. The molecule has 0 heterocycles. The number of esters is 2. The molecule has 1 N–H and O–H groups in total. The summed E-state index contributed by atoms with van der Waals surface area (Å²) in [5, 5.41) is 8.96. The standard InChI is InChI=1S/C18H16O3.C17H16O4.C10H10O.C8H7IO2.BBr3/c1-13-11-17(20-2)10-9-15(13)8-7-14-5-4-6-16(12-14)18(19)21-3;1-11-8-14(21-2)6-7-15(11)16(18)10-12-4-3-5-13(9-12)17(19)20;1-4-9-5-6-10(11-3)7-8(9)2;1-11-8(10)6-3-2-4-7(9)5-6;2-1(3)4/h4-6,9-12H,1-3H3;3-9H,10H2,1-2H3,(H,19,20);1,5-7H,2-3H3;2-5H,1H3;. The maximum atomic E-state index is 12.3. The van der Waals surface area contributed by atoms with Crippen molar-refractivity contribution in [2.45, 2.75) is 27.2 Å². The van der Waals surface area contributed by atoms with Gasteiger partial charge in [-0.2, -0.15) is 0 Å². The van der Waals surface area contributed by atoms with Crippen molar-refractivity contribution < 1.29 is 48.0 Å². The first-order chi connectivity index (χ1) is 32.4. The van der Waals surface area contributed by atoms with Crippen LogP contribution in [0.15, 0.2) is 127 Å². The van der Waals surface area contributed by atoms with Gasteiger partial charge < -0.3 is 28.8 Å². The minimum atomic E-state index is -0.995. The number of Topliss-reactive ketones (excluding diaryl/α,β-unsaturated/α-hetero) is 1. The van der Waals surface area contributed by atoms with Gasteiger partial charge >= 0.3 is 21.1 Å². The predicted molar refractivity (Wildman–Crippen MR) is 289 cm³/mol. The molecule has 0 aromatic heterocycles. The number of hydrogen-bond donors (Lipinski definition) is 1. The largest absolute Gasteiger partial charge is 0.497 e. The van der Waals surface area contributed by atoms with E-state index in [1.54, 1.807) is 82.0 Å². The summed E-state index contributed by atoms with van der Waals surface area (Å²) in [5.41, 5.74) is 8.18. The molecule has 0 amide bonds. The highest BCUT2D eigenvalue weighted by Crippen LogP contribution is 2.20.